The van der Waals surface area contributed by atoms with Crippen molar-refractivity contribution in [2.75, 3.05) is 6.54 Å². The quantitative estimate of drug-likeness (QED) is 0.341. The van der Waals surface area contributed by atoms with Crippen molar-refractivity contribution in [1.29, 1.82) is 0 Å². The summed E-state index contributed by atoms with van der Waals surface area (Å²) >= 11 is 0. The Kier molecular flexibility index (Phi) is 8.80. The zero-order valence-corrected chi connectivity index (χ0v) is 19.3. The number of ether oxygens (including phenoxy) is 1. The first-order valence-corrected chi connectivity index (χ1v) is 11.9. The molecule has 2 fully saturated rings. The van der Waals surface area contributed by atoms with Crippen molar-refractivity contribution in [3.8, 4) is 0 Å². The van der Waals surface area contributed by atoms with E-state index in [0.717, 1.165) is 37.7 Å². The van der Waals surface area contributed by atoms with Crippen molar-refractivity contribution in [3.63, 3.8) is 0 Å². The standard InChI is InChI=1S/C24H35N3O6/c1-3-15(2)23(33-14-16-9-5-4-6-10-16)19-21(24(30)25-13-18(28)29)26-20(22(19)27(31)32)17-11-7-8-12-17/h4-6,9-10,15,17,19-23,26H,3,7-8,11-14H2,1-2H3,(H,25,30)(H,28,29)/t15-,19+,20-,21-,22-,23-/m0/s1. The van der Waals surface area contributed by atoms with Crippen LogP contribution in [0.25, 0.3) is 0 Å². The molecular formula is C24H35N3O6. The van der Waals surface area contributed by atoms with E-state index in [2.05, 4.69) is 10.6 Å². The number of benzene rings is 1. The fourth-order valence-corrected chi connectivity index (χ4v) is 5.42. The molecule has 1 aliphatic heterocycles. The van der Waals surface area contributed by atoms with Crippen LogP contribution in [-0.2, 0) is 20.9 Å². The highest BCUT2D eigenvalue weighted by atomic mass is 16.6. The highest BCUT2D eigenvalue weighted by molar-refractivity contribution is 5.86. The van der Waals surface area contributed by atoms with E-state index in [9.17, 15) is 19.7 Å². The van der Waals surface area contributed by atoms with Crippen LogP contribution >= 0.6 is 0 Å². The molecule has 2 aliphatic rings. The van der Waals surface area contributed by atoms with Gasteiger partial charge in [0.15, 0.2) is 0 Å². The smallest absolute Gasteiger partial charge is 0.322 e. The minimum absolute atomic E-state index is 0.0277. The second-order valence-electron chi connectivity index (χ2n) is 9.33. The summed E-state index contributed by atoms with van der Waals surface area (Å²) in [4.78, 5) is 36.2. The molecule has 6 atom stereocenters. The number of amides is 1. The number of nitro groups is 1. The van der Waals surface area contributed by atoms with Gasteiger partial charge in [-0.05, 0) is 30.2 Å². The molecule has 0 radical (unpaired) electrons. The van der Waals surface area contributed by atoms with Crippen LogP contribution in [0, 0.1) is 27.9 Å². The SMILES string of the molecule is CC[C@H](C)[C@H](OCc1ccccc1)[C@H]1[C@H]([N+](=O)[O-])[C@H](C2CCCC2)N[C@@H]1C(=O)NCC(=O)O. The van der Waals surface area contributed by atoms with Gasteiger partial charge in [-0.1, -0.05) is 63.4 Å². The number of carboxylic acid groups (broad SMARTS) is 1. The van der Waals surface area contributed by atoms with Gasteiger partial charge in [0.25, 0.3) is 0 Å². The summed E-state index contributed by atoms with van der Waals surface area (Å²) in [6, 6.07) is 7.28. The maximum absolute atomic E-state index is 13.1. The summed E-state index contributed by atoms with van der Waals surface area (Å²) in [7, 11) is 0. The van der Waals surface area contributed by atoms with Gasteiger partial charge in [0, 0.05) is 4.92 Å². The summed E-state index contributed by atoms with van der Waals surface area (Å²) in [5, 5.41) is 27.1. The van der Waals surface area contributed by atoms with Gasteiger partial charge in [0.1, 0.15) is 6.54 Å². The van der Waals surface area contributed by atoms with Crippen LogP contribution in [-0.4, -0.2) is 52.7 Å². The molecule has 3 rings (SSSR count). The molecule has 1 aromatic carbocycles. The summed E-state index contributed by atoms with van der Waals surface area (Å²) < 4.78 is 6.32. The molecule has 0 bridgehead atoms. The predicted molar refractivity (Wildman–Crippen MR) is 122 cm³/mol. The molecule has 1 saturated carbocycles. The van der Waals surface area contributed by atoms with Crippen LogP contribution in [0.5, 0.6) is 0 Å². The summed E-state index contributed by atoms with van der Waals surface area (Å²) in [6.07, 6.45) is 4.01. The molecule has 9 nitrogen and oxygen atoms in total. The zero-order chi connectivity index (χ0) is 24.0. The van der Waals surface area contributed by atoms with Gasteiger partial charge in [-0.25, -0.2) is 0 Å². The maximum atomic E-state index is 13.1. The van der Waals surface area contributed by atoms with Gasteiger partial charge >= 0.3 is 5.97 Å². The van der Waals surface area contributed by atoms with Crippen LogP contribution in [0.1, 0.15) is 51.5 Å². The van der Waals surface area contributed by atoms with Crippen molar-refractivity contribution in [2.45, 2.75) is 76.8 Å². The highest BCUT2D eigenvalue weighted by Crippen LogP contribution is 2.40. The van der Waals surface area contributed by atoms with Gasteiger partial charge in [0.05, 0.1) is 30.7 Å². The third-order valence-corrected chi connectivity index (χ3v) is 7.24. The lowest BCUT2D eigenvalue weighted by Gasteiger charge is -2.32. The fraction of sp³-hybridized carbons (Fsp3) is 0.667. The summed E-state index contributed by atoms with van der Waals surface area (Å²) in [5.74, 6) is -2.30. The number of rotatable bonds is 11. The lowest BCUT2D eigenvalue weighted by molar-refractivity contribution is -0.535. The Morgan fingerprint density at radius 1 is 1.27 bits per heavy atom. The monoisotopic (exact) mass is 461 g/mol. The van der Waals surface area contributed by atoms with E-state index < -0.39 is 48.6 Å². The normalized spacial score (nSPS) is 27.2. The van der Waals surface area contributed by atoms with Crippen molar-refractivity contribution in [1.82, 2.24) is 10.6 Å². The number of hydrogen-bond donors (Lipinski definition) is 3. The zero-order valence-electron chi connectivity index (χ0n) is 19.3. The molecule has 1 heterocycles. The molecule has 1 amide bonds. The predicted octanol–water partition coefficient (Wildman–Crippen LogP) is 2.61. The second-order valence-corrected chi connectivity index (χ2v) is 9.33. The number of carbonyl (C=O) groups is 2. The van der Waals surface area contributed by atoms with Gasteiger partial charge < -0.3 is 15.2 Å². The summed E-state index contributed by atoms with van der Waals surface area (Å²) in [5.41, 5.74) is 0.952. The van der Waals surface area contributed by atoms with E-state index in [1.54, 1.807) is 0 Å². The molecule has 9 heteroatoms. The molecule has 1 saturated heterocycles. The van der Waals surface area contributed by atoms with E-state index in [1.807, 2.05) is 44.2 Å². The third-order valence-electron chi connectivity index (χ3n) is 7.24. The molecule has 182 valence electrons. The number of nitrogens with zero attached hydrogens (tertiary/aromatic N) is 1. The second kappa shape index (κ2) is 11.6. The lowest BCUT2D eigenvalue weighted by atomic mass is 9.79. The molecule has 1 aromatic rings. The van der Waals surface area contributed by atoms with Crippen LogP contribution in [0.2, 0.25) is 0 Å². The van der Waals surface area contributed by atoms with Crippen molar-refractivity contribution in [3.05, 3.63) is 46.0 Å². The molecule has 1 aliphatic carbocycles. The number of hydrogen-bond acceptors (Lipinski definition) is 6. The van der Waals surface area contributed by atoms with E-state index in [4.69, 9.17) is 9.84 Å². The Morgan fingerprint density at radius 3 is 2.52 bits per heavy atom. The minimum atomic E-state index is -1.16. The van der Waals surface area contributed by atoms with Crippen molar-refractivity contribution < 1.29 is 24.4 Å². The Balaban J connectivity index is 1.93. The van der Waals surface area contributed by atoms with Gasteiger partial charge in [-0.15, -0.1) is 0 Å². The third kappa shape index (κ3) is 6.09. The molecule has 0 aromatic heterocycles. The Morgan fingerprint density at radius 2 is 1.94 bits per heavy atom. The van der Waals surface area contributed by atoms with E-state index in [-0.39, 0.29) is 23.4 Å². The van der Waals surface area contributed by atoms with Crippen LogP contribution < -0.4 is 10.6 Å². The van der Waals surface area contributed by atoms with Crippen molar-refractivity contribution in [2.24, 2.45) is 17.8 Å². The molecule has 0 spiro atoms. The number of carboxylic acids is 1. The average molecular weight is 462 g/mol. The lowest BCUT2D eigenvalue weighted by Crippen LogP contribution is -2.51. The number of nitrogens with one attached hydrogen (secondary N) is 2. The van der Waals surface area contributed by atoms with E-state index >= 15 is 0 Å². The van der Waals surface area contributed by atoms with Crippen LogP contribution in [0.15, 0.2) is 30.3 Å². The van der Waals surface area contributed by atoms with Gasteiger partial charge in [-0.2, -0.15) is 0 Å². The first kappa shape index (κ1) is 25.1. The molecule has 3 N–H and O–H groups in total. The van der Waals surface area contributed by atoms with Crippen LogP contribution in [0.4, 0.5) is 0 Å². The van der Waals surface area contributed by atoms with Crippen molar-refractivity contribution >= 4 is 11.9 Å². The molecule has 0 unspecified atom stereocenters. The summed E-state index contributed by atoms with van der Waals surface area (Å²) in [6.45, 7) is 3.75. The first-order valence-electron chi connectivity index (χ1n) is 11.9. The maximum Gasteiger partial charge on any atom is 0.322 e. The Hall–Kier alpha value is -2.52. The fourth-order valence-electron chi connectivity index (χ4n) is 5.42. The topological polar surface area (TPSA) is 131 Å². The number of aliphatic carboxylic acids is 1. The Labute approximate surface area is 194 Å². The van der Waals surface area contributed by atoms with Crippen LogP contribution in [0.3, 0.4) is 0 Å². The average Bonchev–Trinajstić information content (AvgIpc) is 3.46. The highest BCUT2D eigenvalue weighted by Gasteiger charge is 2.59. The molecular weight excluding hydrogens is 426 g/mol. The van der Waals surface area contributed by atoms with E-state index in [0.29, 0.717) is 0 Å². The van der Waals surface area contributed by atoms with Gasteiger partial charge in [0.2, 0.25) is 11.9 Å². The first-order chi connectivity index (χ1) is 15.8. The molecule has 33 heavy (non-hydrogen) atoms. The van der Waals surface area contributed by atoms with Gasteiger partial charge in [-0.3, -0.25) is 25.0 Å². The number of carbonyl (C=O) groups excluding carboxylic acids is 1. The van der Waals surface area contributed by atoms with E-state index in [1.165, 1.54) is 0 Å². The Bertz CT molecular complexity index is 814. The largest absolute Gasteiger partial charge is 0.480 e. The minimum Gasteiger partial charge on any atom is -0.480 e.